The molecule has 1 aliphatic heterocycles. The van der Waals surface area contributed by atoms with Crippen LogP contribution in [-0.2, 0) is 17.6 Å². The van der Waals surface area contributed by atoms with E-state index < -0.39 is 4.92 Å². The third-order valence-electron chi connectivity index (χ3n) is 5.17. The van der Waals surface area contributed by atoms with E-state index in [9.17, 15) is 20.0 Å². The van der Waals surface area contributed by atoms with E-state index in [-0.39, 0.29) is 24.1 Å². The van der Waals surface area contributed by atoms with Crippen molar-refractivity contribution in [3.05, 3.63) is 69.8 Å². The van der Waals surface area contributed by atoms with Crippen molar-refractivity contribution in [2.45, 2.75) is 25.4 Å². The van der Waals surface area contributed by atoms with Gasteiger partial charge in [-0.25, -0.2) is 0 Å². The number of aliphatic hydroxyl groups excluding tert-OH is 1. The van der Waals surface area contributed by atoms with E-state index in [1.165, 1.54) is 6.07 Å². The van der Waals surface area contributed by atoms with Crippen LogP contribution < -0.4 is 4.90 Å². The fraction of sp³-hybridized carbons (Fsp3) is 0.381. The number of carbonyl (C=O) groups is 1. The summed E-state index contributed by atoms with van der Waals surface area (Å²) < 4.78 is 0. The van der Waals surface area contributed by atoms with Gasteiger partial charge in [0, 0.05) is 44.0 Å². The lowest BCUT2D eigenvalue weighted by molar-refractivity contribution is -0.385. The molecule has 7 nitrogen and oxygen atoms in total. The molecule has 1 N–H and O–H groups in total. The average Bonchev–Trinajstić information content (AvgIpc) is 3.12. The number of nitro benzene ring substituents is 1. The van der Waals surface area contributed by atoms with Gasteiger partial charge in [-0.05, 0) is 24.5 Å². The number of carbonyl (C=O) groups excluding carboxylic acids is 1. The molecule has 0 aliphatic carbocycles. The molecule has 0 unspecified atom stereocenters. The number of rotatable bonds is 7. The smallest absolute Gasteiger partial charge is 0.273 e. The molecule has 0 bridgehead atoms. The molecule has 1 atom stereocenters. The first-order chi connectivity index (χ1) is 13.5. The Morgan fingerprint density at radius 3 is 2.57 bits per heavy atom. The third kappa shape index (κ3) is 4.67. The molecule has 1 amide bonds. The molecule has 0 radical (unpaired) electrons. The normalized spacial score (nSPS) is 16.2. The van der Waals surface area contributed by atoms with Crippen molar-refractivity contribution in [1.29, 1.82) is 0 Å². The summed E-state index contributed by atoms with van der Waals surface area (Å²) in [6.45, 7) is 1.97. The van der Waals surface area contributed by atoms with E-state index in [2.05, 4.69) is 4.90 Å². The highest BCUT2D eigenvalue weighted by Crippen LogP contribution is 2.25. The number of anilines is 1. The molecule has 1 heterocycles. The molecule has 1 fully saturated rings. The molecule has 148 valence electrons. The number of hydrogen-bond acceptors (Lipinski definition) is 5. The molecule has 2 aromatic carbocycles. The van der Waals surface area contributed by atoms with E-state index in [1.807, 2.05) is 24.3 Å². The molecule has 1 aliphatic rings. The second-order valence-electron chi connectivity index (χ2n) is 7.15. The van der Waals surface area contributed by atoms with Gasteiger partial charge in [0.2, 0.25) is 5.91 Å². The van der Waals surface area contributed by atoms with Gasteiger partial charge in [0.1, 0.15) is 0 Å². The summed E-state index contributed by atoms with van der Waals surface area (Å²) in [5, 5.41) is 20.9. The Balaban J connectivity index is 1.62. The highest BCUT2D eigenvalue weighted by atomic mass is 16.6. The maximum atomic E-state index is 12.6. The van der Waals surface area contributed by atoms with Gasteiger partial charge in [-0.2, -0.15) is 0 Å². The lowest BCUT2D eigenvalue weighted by atomic mass is 10.1. The van der Waals surface area contributed by atoms with Gasteiger partial charge in [0.25, 0.3) is 5.69 Å². The third-order valence-corrected chi connectivity index (χ3v) is 5.17. The van der Waals surface area contributed by atoms with Gasteiger partial charge in [-0.1, -0.05) is 36.4 Å². The van der Waals surface area contributed by atoms with Gasteiger partial charge < -0.3 is 14.9 Å². The minimum atomic E-state index is -0.455. The van der Waals surface area contributed by atoms with Gasteiger partial charge in [-0.3, -0.25) is 14.9 Å². The van der Waals surface area contributed by atoms with Crippen molar-refractivity contribution < 1.29 is 14.8 Å². The van der Waals surface area contributed by atoms with E-state index in [4.69, 9.17) is 0 Å². The zero-order chi connectivity index (χ0) is 20.1. The van der Waals surface area contributed by atoms with Gasteiger partial charge in [0.15, 0.2) is 0 Å². The summed E-state index contributed by atoms with van der Waals surface area (Å²) in [6.07, 6.45) is 1.16. The van der Waals surface area contributed by atoms with Crippen molar-refractivity contribution in [3.63, 3.8) is 0 Å². The van der Waals surface area contributed by atoms with Crippen molar-refractivity contribution in [1.82, 2.24) is 4.90 Å². The molecular weight excluding hydrogens is 358 g/mol. The maximum Gasteiger partial charge on any atom is 0.273 e. The summed E-state index contributed by atoms with van der Waals surface area (Å²) in [5.74, 6) is -0.150. The number of hydrogen-bond donors (Lipinski definition) is 1. The van der Waals surface area contributed by atoms with Crippen LogP contribution in [0.25, 0.3) is 0 Å². The summed E-state index contributed by atoms with van der Waals surface area (Å²) in [4.78, 5) is 27.0. The lowest BCUT2D eigenvalue weighted by Gasteiger charge is -2.23. The zero-order valence-electron chi connectivity index (χ0n) is 16.0. The summed E-state index contributed by atoms with van der Waals surface area (Å²) in [5.41, 5.74) is 2.62. The number of benzene rings is 2. The summed E-state index contributed by atoms with van der Waals surface area (Å²) in [6, 6.07) is 14.4. The highest BCUT2D eigenvalue weighted by Gasteiger charge is 2.22. The summed E-state index contributed by atoms with van der Waals surface area (Å²) in [7, 11) is 1.72. The topological polar surface area (TPSA) is 86.9 Å². The monoisotopic (exact) mass is 383 g/mol. The Bertz CT molecular complexity index is 855. The van der Waals surface area contributed by atoms with E-state index in [1.54, 1.807) is 30.1 Å². The fourth-order valence-corrected chi connectivity index (χ4v) is 3.54. The average molecular weight is 383 g/mol. The molecular formula is C21H25N3O4. The molecule has 0 aromatic heterocycles. The minimum Gasteiger partial charge on any atom is -0.391 e. The van der Waals surface area contributed by atoms with Crippen LogP contribution in [0.5, 0.6) is 0 Å². The van der Waals surface area contributed by atoms with Gasteiger partial charge >= 0.3 is 0 Å². The Hall–Kier alpha value is -2.93. The van der Waals surface area contributed by atoms with E-state index in [0.29, 0.717) is 25.1 Å². The highest BCUT2D eigenvalue weighted by molar-refractivity contribution is 5.79. The first-order valence-electron chi connectivity index (χ1n) is 9.43. The Morgan fingerprint density at radius 1 is 1.21 bits per heavy atom. The molecule has 0 spiro atoms. The van der Waals surface area contributed by atoms with Crippen molar-refractivity contribution in [2.24, 2.45) is 0 Å². The first-order valence-corrected chi connectivity index (χ1v) is 9.43. The van der Waals surface area contributed by atoms with Crippen LogP contribution in [0.4, 0.5) is 11.4 Å². The van der Waals surface area contributed by atoms with Crippen LogP contribution in [0, 0.1) is 10.1 Å². The van der Waals surface area contributed by atoms with Crippen LogP contribution in [-0.4, -0.2) is 53.6 Å². The lowest BCUT2D eigenvalue weighted by Crippen LogP contribution is -2.31. The molecule has 1 saturated heterocycles. The number of likely N-dealkylation sites (N-methyl/N-ethyl adjacent to an activating group) is 1. The van der Waals surface area contributed by atoms with Crippen LogP contribution >= 0.6 is 0 Å². The predicted octanol–water partition coefficient (Wildman–Crippen LogP) is 2.41. The van der Waals surface area contributed by atoms with Crippen LogP contribution in [0.3, 0.4) is 0 Å². The number of nitrogens with zero attached hydrogens (tertiary/aromatic N) is 3. The van der Waals surface area contributed by atoms with Gasteiger partial charge in [0.05, 0.1) is 17.4 Å². The van der Waals surface area contributed by atoms with Crippen molar-refractivity contribution in [2.75, 3.05) is 31.6 Å². The SMILES string of the molecule is CN(CCc1ccccc1N1CC[C@H](O)C1)C(=O)Cc1ccccc1[N+](=O)[O-]. The first kappa shape index (κ1) is 19.8. The summed E-state index contributed by atoms with van der Waals surface area (Å²) >= 11 is 0. The number of β-amino-alcohol motifs (C(OH)–C–C–N with tert-alkyl or cyclic N) is 1. The Morgan fingerprint density at radius 2 is 1.89 bits per heavy atom. The van der Waals surface area contributed by atoms with Crippen LogP contribution in [0.2, 0.25) is 0 Å². The van der Waals surface area contributed by atoms with Crippen molar-refractivity contribution >= 4 is 17.3 Å². The molecule has 2 aromatic rings. The minimum absolute atomic E-state index is 0.00756. The maximum absolute atomic E-state index is 12.6. The predicted molar refractivity (Wildman–Crippen MR) is 107 cm³/mol. The number of aliphatic hydroxyl groups is 1. The Labute approximate surface area is 164 Å². The quantitative estimate of drug-likeness (QED) is 0.586. The number of nitro groups is 1. The molecule has 7 heteroatoms. The van der Waals surface area contributed by atoms with Crippen LogP contribution in [0.1, 0.15) is 17.5 Å². The number of amides is 1. The van der Waals surface area contributed by atoms with Gasteiger partial charge in [-0.15, -0.1) is 0 Å². The zero-order valence-corrected chi connectivity index (χ0v) is 16.0. The molecule has 0 saturated carbocycles. The number of para-hydroxylation sites is 2. The van der Waals surface area contributed by atoms with Crippen LogP contribution in [0.15, 0.2) is 48.5 Å². The standard InChI is InChI=1S/C21H25N3O4/c1-22(21(26)14-17-7-3-5-9-20(17)24(27)28)12-10-16-6-2-4-8-19(16)23-13-11-18(25)15-23/h2-9,18,25H,10-15H2,1H3/t18-/m0/s1. The van der Waals surface area contributed by atoms with E-state index in [0.717, 1.165) is 24.2 Å². The molecule has 3 rings (SSSR count). The second kappa shape index (κ2) is 8.84. The Kier molecular flexibility index (Phi) is 6.26. The second-order valence-corrected chi connectivity index (χ2v) is 7.15. The van der Waals surface area contributed by atoms with Crippen molar-refractivity contribution in [3.8, 4) is 0 Å². The fourth-order valence-electron chi connectivity index (χ4n) is 3.54. The largest absolute Gasteiger partial charge is 0.391 e. The van der Waals surface area contributed by atoms with E-state index >= 15 is 0 Å². The molecule has 28 heavy (non-hydrogen) atoms.